The van der Waals surface area contributed by atoms with Crippen LogP contribution in [0, 0.1) is 5.92 Å². The molecule has 29 heavy (non-hydrogen) atoms. The molecular formula is C18H21Cl2F3N2O4. The van der Waals surface area contributed by atoms with E-state index in [1.165, 1.54) is 0 Å². The Morgan fingerprint density at radius 3 is 2.59 bits per heavy atom. The first-order chi connectivity index (χ1) is 13.5. The third-order valence-electron chi connectivity index (χ3n) is 4.70. The zero-order chi connectivity index (χ0) is 21.8. The lowest BCUT2D eigenvalue weighted by atomic mass is 9.92. The van der Waals surface area contributed by atoms with Crippen LogP contribution in [-0.2, 0) is 20.7 Å². The number of fused-ring (bicyclic) bond motifs is 1. The second-order valence-corrected chi connectivity index (χ2v) is 7.54. The normalized spacial score (nSPS) is 22.1. The van der Waals surface area contributed by atoms with Gasteiger partial charge < -0.3 is 20.1 Å². The van der Waals surface area contributed by atoms with Crippen molar-refractivity contribution < 1.29 is 32.6 Å². The molecule has 2 aliphatic heterocycles. The predicted octanol–water partition coefficient (Wildman–Crippen LogP) is 3.31. The van der Waals surface area contributed by atoms with Gasteiger partial charge in [-0.05, 0) is 36.6 Å². The summed E-state index contributed by atoms with van der Waals surface area (Å²) in [6.07, 6.45) is -4.30. The van der Waals surface area contributed by atoms with Gasteiger partial charge >= 0.3 is 12.1 Å². The van der Waals surface area contributed by atoms with Gasteiger partial charge in [0.25, 0.3) is 0 Å². The van der Waals surface area contributed by atoms with Gasteiger partial charge in [0.2, 0.25) is 5.91 Å². The largest absolute Gasteiger partial charge is 0.490 e. The molecule has 0 bridgehead atoms. The van der Waals surface area contributed by atoms with E-state index in [-0.39, 0.29) is 17.9 Å². The van der Waals surface area contributed by atoms with Crippen LogP contribution >= 0.6 is 23.2 Å². The highest BCUT2D eigenvalue weighted by Crippen LogP contribution is 2.37. The molecule has 1 fully saturated rings. The zero-order valence-corrected chi connectivity index (χ0v) is 17.1. The highest BCUT2D eigenvalue weighted by atomic mass is 35.5. The summed E-state index contributed by atoms with van der Waals surface area (Å²) in [7, 11) is 0. The van der Waals surface area contributed by atoms with Crippen LogP contribution in [0.25, 0.3) is 0 Å². The van der Waals surface area contributed by atoms with Crippen LogP contribution in [0.15, 0.2) is 12.1 Å². The smallest absolute Gasteiger partial charge is 0.475 e. The second-order valence-electron chi connectivity index (χ2n) is 6.70. The molecule has 1 aromatic carbocycles. The average Bonchev–Trinajstić information content (AvgIpc) is 2.90. The van der Waals surface area contributed by atoms with Crippen molar-refractivity contribution in [3.8, 4) is 0 Å². The number of aliphatic carboxylic acids is 1. The van der Waals surface area contributed by atoms with Gasteiger partial charge in [-0.3, -0.25) is 4.79 Å². The monoisotopic (exact) mass is 456 g/mol. The number of carbonyl (C=O) groups excluding carboxylic acids is 1. The van der Waals surface area contributed by atoms with Crippen molar-refractivity contribution in [3.05, 3.63) is 33.3 Å². The van der Waals surface area contributed by atoms with Gasteiger partial charge in [-0.25, -0.2) is 4.79 Å². The number of carbonyl (C=O) groups is 2. The van der Waals surface area contributed by atoms with E-state index in [1.54, 1.807) is 6.07 Å². The lowest BCUT2D eigenvalue weighted by molar-refractivity contribution is -0.192. The van der Waals surface area contributed by atoms with E-state index in [1.807, 2.05) is 17.9 Å². The molecule has 6 nitrogen and oxygen atoms in total. The number of carboxylic acids is 1. The van der Waals surface area contributed by atoms with Crippen molar-refractivity contribution >= 4 is 35.1 Å². The fraction of sp³-hybridized carbons (Fsp3) is 0.556. The summed E-state index contributed by atoms with van der Waals surface area (Å²) in [5.74, 6) is -2.75. The number of nitrogens with zero attached hydrogens (tertiary/aromatic N) is 1. The maximum Gasteiger partial charge on any atom is 0.490 e. The number of halogens is 5. The third-order valence-corrected chi connectivity index (χ3v) is 5.23. The first-order valence-electron chi connectivity index (χ1n) is 8.89. The molecule has 1 unspecified atom stereocenters. The van der Waals surface area contributed by atoms with Crippen molar-refractivity contribution in [2.24, 2.45) is 5.92 Å². The highest BCUT2D eigenvalue weighted by Gasteiger charge is 2.38. The number of ether oxygens (including phenoxy) is 1. The molecule has 0 aliphatic carbocycles. The van der Waals surface area contributed by atoms with Crippen molar-refractivity contribution in [2.75, 3.05) is 32.8 Å². The van der Waals surface area contributed by atoms with Crippen LogP contribution in [-0.4, -0.2) is 60.9 Å². The predicted molar refractivity (Wildman–Crippen MR) is 101 cm³/mol. The Bertz CT molecular complexity index is 753. The molecule has 0 aromatic heterocycles. The molecule has 162 valence electrons. The van der Waals surface area contributed by atoms with Crippen molar-refractivity contribution in [3.63, 3.8) is 0 Å². The van der Waals surface area contributed by atoms with Gasteiger partial charge in [-0.15, -0.1) is 0 Å². The molecule has 0 radical (unpaired) electrons. The standard InChI is InChI=1S/C16H20Cl2N2O2.C2HF3O2/c1-10-15-11(6-13(17)7-14(15)18)2-4-20(10)16(21)12-8-19-3-5-22-9-12;3-2(4,5)1(6)7/h6-7,10,12,19H,2-5,8-9H2,1H3;(H,6,7)/t10-,12?;/m0./s1. The Balaban J connectivity index is 0.000000370. The number of hydrogen-bond acceptors (Lipinski definition) is 4. The van der Waals surface area contributed by atoms with Gasteiger partial charge in [-0.2, -0.15) is 13.2 Å². The number of rotatable bonds is 1. The maximum absolute atomic E-state index is 12.8. The number of benzene rings is 1. The van der Waals surface area contributed by atoms with E-state index in [9.17, 15) is 18.0 Å². The Labute approximate surface area is 175 Å². The van der Waals surface area contributed by atoms with E-state index in [2.05, 4.69) is 5.32 Å². The summed E-state index contributed by atoms with van der Waals surface area (Å²) < 4.78 is 37.2. The first-order valence-corrected chi connectivity index (χ1v) is 9.64. The first kappa shape index (κ1) is 23.7. The van der Waals surface area contributed by atoms with Crippen molar-refractivity contribution in [2.45, 2.75) is 25.6 Å². The van der Waals surface area contributed by atoms with Gasteiger partial charge in [0.05, 0.1) is 25.2 Å². The maximum atomic E-state index is 12.8. The summed E-state index contributed by atoms with van der Waals surface area (Å²) in [5, 5.41) is 11.7. The molecular weight excluding hydrogens is 436 g/mol. The summed E-state index contributed by atoms with van der Waals surface area (Å²) in [6, 6.07) is 3.67. The lowest BCUT2D eigenvalue weighted by Gasteiger charge is -2.37. The van der Waals surface area contributed by atoms with E-state index in [4.69, 9.17) is 37.8 Å². The molecule has 2 heterocycles. The lowest BCUT2D eigenvalue weighted by Crippen LogP contribution is -2.45. The fourth-order valence-corrected chi connectivity index (χ4v) is 4.00. The minimum atomic E-state index is -5.08. The van der Waals surface area contributed by atoms with E-state index in [0.717, 1.165) is 24.1 Å². The van der Waals surface area contributed by atoms with Gasteiger partial charge in [0, 0.05) is 29.7 Å². The van der Waals surface area contributed by atoms with Crippen LogP contribution in [0.1, 0.15) is 24.1 Å². The molecule has 3 rings (SSSR count). The molecule has 1 saturated heterocycles. The highest BCUT2D eigenvalue weighted by molar-refractivity contribution is 6.35. The number of carboxylic acid groups (broad SMARTS) is 1. The second kappa shape index (κ2) is 9.97. The molecule has 2 aliphatic rings. The Hall–Kier alpha value is -1.55. The molecule has 0 saturated carbocycles. The van der Waals surface area contributed by atoms with E-state index < -0.39 is 12.1 Å². The molecule has 1 aromatic rings. The molecule has 2 atom stereocenters. The Morgan fingerprint density at radius 2 is 1.97 bits per heavy atom. The van der Waals surface area contributed by atoms with Crippen LogP contribution < -0.4 is 5.32 Å². The topological polar surface area (TPSA) is 78.9 Å². The van der Waals surface area contributed by atoms with E-state index >= 15 is 0 Å². The number of amides is 1. The van der Waals surface area contributed by atoms with Crippen LogP contribution in [0.4, 0.5) is 13.2 Å². The third kappa shape index (κ3) is 6.21. The van der Waals surface area contributed by atoms with E-state index in [0.29, 0.717) is 36.3 Å². The summed E-state index contributed by atoms with van der Waals surface area (Å²) in [5.41, 5.74) is 2.16. The fourth-order valence-electron chi connectivity index (χ4n) is 3.30. The van der Waals surface area contributed by atoms with Crippen molar-refractivity contribution in [1.82, 2.24) is 10.2 Å². The van der Waals surface area contributed by atoms with Crippen molar-refractivity contribution in [1.29, 1.82) is 0 Å². The zero-order valence-electron chi connectivity index (χ0n) is 15.6. The molecule has 1 amide bonds. The minimum Gasteiger partial charge on any atom is -0.475 e. The van der Waals surface area contributed by atoms with Gasteiger partial charge in [0.15, 0.2) is 0 Å². The Kier molecular flexibility index (Phi) is 8.16. The molecule has 2 N–H and O–H groups in total. The van der Waals surface area contributed by atoms with Crippen LogP contribution in [0.3, 0.4) is 0 Å². The summed E-state index contributed by atoms with van der Waals surface area (Å²) >= 11 is 12.4. The minimum absolute atomic E-state index is 0.0377. The number of nitrogens with one attached hydrogen (secondary N) is 1. The summed E-state index contributed by atoms with van der Waals surface area (Å²) in [4.78, 5) is 23.7. The summed E-state index contributed by atoms with van der Waals surface area (Å²) in [6.45, 7) is 5.33. The quantitative estimate of drug-likeness (QED) is 0.677. The van der Waals surface area contributed by atoms with Gasteiger partial charge in [-0.1, -0.05) is 23.2 Å². The number of alkyl halides is 3. The number of hydrogen-bond donors (Lipinski definition) is 2. The van der Waals surface area contributed by atoms with Gasteiger partial charge in [0.1, 0.15) is 0 Å². The Morgan fingerprint density at radius 1 is 1.31 bits per heavy atom. The average molecular weight is 457 g/mol. The molecule has 11 heteroatoms. The van der Waals surface area contributed by atoms with Crippen LogP contribution in [0.2, 0.25) is 10.0 Å². The SMILES string of the molecule is C[C@H]1c2c(Cl)cc(Cl)cc2CCN1C(=O)C1CNCCOC1.O=C(O)C(F)(F)F. The van der Waals surface area contributed by atoms with Crippen LogP contribution in [0.5, 0.6) is 0 Å². The molecule has 0 spiro atoms.